The number of nitrogens with one attached hydrogen (secondary N) is 1. The summed E-state index contributed by atoms with van der Waals surface area (Å²) < 4.78 is 1.82. The summed E-state index contributed by atoms with van der Waals surface area (Å²) in [4.78, 5) is 20.9. The van der Waals surface area contributed by atoms with Crippen LogP contribution in [0, 0.1) is 13.8 Å². The molecule has 0 spiro atoms. The molecule has 0 amide bonds. The van der Waals surface area contributed by atoms with Crippen LogP contribution in [0.1, 0.15) is 45.2 Å². The van der Waals surface area contributed by atoms with Crippen molar-refractivity contribution >= 4 is 16.8 Å². The molecule has 1 atom stereocenters. The molecule has 4 aromatic rings. The van der Waals surface area contributed by atoms with E-state index in [4.69, 9.17) is 0 Å². The molecule has 1 aliphatic carbocycles. The zero-order valence-electron chi connectivity index (χ0n) is 15.4. The van der Waals surface area contributed by atoms with Gasteiger partial charge in [-0.05, 0) is 43.9 Å². The molecule has 0 saturated carbocycles. The first kappa shape index (κ1) is 16.0. The fourth-order valence-corrected chi connectivity index (χ4v) is 4.13. The maximum atomic E-state index is 12.9. The number of ketones is 1. The van der Waals surface area contributed by atoms with E-state index in [-0.39, 0.29) is 11.7 Å². The first-order valence-corrected chi connectivity index (χ1v) is 9.23. The predicted octanol–water partition coefficient (Wildman–Crippen LogP) is 4.28. The van der Waals surface area contributed by atoms with Crippen molar-refractivity contribution in [3.05, 3.63) is 76.6 Å². The molecule has 2 aromatic heterocycles. The number of carbonyl (C=O) groups excluding carboxylic acids is 1. The van der Waals surface area contributed by atoms with Crippen LogP contribution < -0.4 is 0 Å². The van der Waals surface area contributed by atoms with Crippen LogP contribution in [0.3, 0.4) is 0 Å². The lowest BCUT2D eigenvalue weighted by Gasteiger charge is -2.23. The molecule has 2 heterocycles. The van der Waals surface area contributed by atoms with Gasteiger partial charge in [-0.25, -0.2) is 9.67 Å². The van der Waals surface area contributed by atoms with E-state index >= 15 is 0 Å². The van der Waals surface area contributed by atoms with Crippen LogP contribution in [0.5, 0.6) is 0 Å². The average Bonchev–Trinajstić information content (AvgIpc) is 3.23. The van der Waals surface area contributed by atoms with Gasteiger partial charge in [-0.1, -0.05) is 42.0 Å². The first-order valence-electron chi connectivity index (χ1n) is 9.23. The van der Waals surface area contributed by atoms with Crippen molar-refractivity contribution < 1.29 is 4.79 Å². The van der Waals surface area contributed by atoms with Gasteiger partial charge in [0.15, 0.2) is 5.78 Å². The van der Waals surface area contributed by atoms with E-state index in [0.29, 0.717) is 12.4 Å². The van der Waals surface area contributed by atoms with Crippen LogP contribution in [0.15, 0.2) is 48.5 Å². The van der Waals surface area contributed by atoms with Gasteiger partial charge in [0.2, 0.25) is 5.95 Å². The largest absolute Gasteiger partial charge is 0.322 e. The van der Waals surface area contributed by atoms with E-state index < -0.39 is 0 Å². The minimum Gasteiger partial charge on any atom is -0.322 e. The van der Waals surface area contributed by atoms with Crippen LogP contribution in [0.25, 0.3) is 17.0 Å². The number of nitrogens with zero attached hydrogens (tertiary/aromatic N) is 3. The molecule has 0 radical (unpaired) electrons. The number of hydrogen-bond donors (Lipinski definition) is 1. The van der Waals surface area contributed by atoms with Crippen LogP contribution in [0.4, 0.5) is 0 Å². The van der Waals surface area contributed by atoms with E-state index in [9.17, 15) is 4.79 Å². The van der Waals surface area contributed by atoms with Crippen LogP contribution in [-0.4, -0.2) is 25.5 Å². The van der Waals surface area contributed by atoms with Crippen LogP contribution >= 0.6 is 0 Å². The summed E-state index contributed by atoms with van der Waals surface area (Å²) in [5, 5.41) is 4.66. The molecule has 27 heavy (non-hydrogen) atoms. The van der Waals surface area contributed by atoms with E-state index in [2.05, 4.69) is 46.3 Å². The molecule has 1 N–H and O–H groups in total. The number of aromatic amines is 1. The van der Waals surface area contributed by atoms with E-state index in [1.165, 1.54) is 11.1 Å². The minimum atomic E-state index is 0.169. The maximum absolute atomic E-state index is 12.9. The number of hydrogen-bond acceptors (Lipinski definition) is 3. The molecule has 0 unspecified atom stereocenters. The Morgan fingerprint density at radius 1 is 1.07 bits per heavy atom. The number of Topliss-reactive ketones (excluding diaryl/α,β-unsaturated/α-hetero) is 1. The third kappa shape index (κ3) is 2.58. The molecular formula is C22H20N4O. The number of aryl methyl sites for hydroxylation is 2. The van der Waals surface area contributed by atoms with E-state index in [0.717, 1.165) is 34.4 Å². The number of fused-ring (bicyclic) bond motifs is 2. The highest BCUT2D eigenvalue weighted by Gasteiger charge is 2.32. The van der Waals surface area contributed by atoms with Crippen molar-refractivity contribution in [1.82, 2.24) is 19.7 Å². The second-order valence-electron chi connectivity index (χ2n) is 7.34. The Labute approximate surface area is 157 Å². The standard InChI is InChI=1S/C22H20N4O/c1-13-6-5-7-15(10-13)16-11-19-21(20(27)12-16)14(2)25-26(19)22-23-17-8-3-4-9-18(17)24-22/h3-10,16H,11-12H2,1-2H3,(H,23,24)/t16-/m0/s1. The fourth-order valence-electron chi connectivity index (χ4n) is 4.13. The van der Waals surface area contributed by atoms with E-state index in [1.807, 2.05) is 35.9 Å². The second kappa shape index (κ2) is 5.91. The summed E-state index contributed by atoms with van der Waals surface area (Å²) in [6.45, 7) is 3.99. The van der Waals surface area contributed by atoms with Gasteiger partial charge in [-0.2, -0.15) is 5.10 Å². The number of H-pyrrole nitrogens is 1. The maximum Gasteiger partial charge on any atom is 0.229 e. The zero-order chi connectivity index (χ0) is 18.5. The lowest BCUT2D eigenvalue weighted by molar-refractivity contribution is 0.0963. The van der Waals surface area contributed by atoms with Crippen molar-refractivity contribution in [1.29, 1.82) is 0 Å². The Kier molecular flexibility index (Phi) is 3.50. The molecule has 134 valence electrons. The van der Waals surface area contributed by atoms with Crippen LogP contribution in [0.2, 0.25) is 0 Å². The Hall–Kier alpha value is -3.21. The number of benzene rings is 2. The van der Waals surface area contributed by atoms with Crippen molar-refractivity contribution in [2.45, 2.75) is 32.6 Å². The molecule has 0 aliphatic heterocycles. The first-order chi connectivity index (χ1) is 13.1. The number of rotatable bonds is 2. The van der Waals surface area contributed by atoms with Gasteiger partial charge in [0, 0.05) is 6.42 Å². The topological polar surface area (TPSA) is 63.6 Å². The highest BCUT2D eigenvalue weighted by molar-refractivity contribution is 6.00. The zero-order valence-corrected chi connectivity index (χ0v) is 15.4. The SMILES string of the molecule is Cc1cccc([C@@H]2CC(=O)c3c(C)nn(-c4nc5ccccc5[nH]4)c3C2)c1. The Balaban J connectivity index is 1.62. The monoisotopic (exact) mass is 356 g/mol. The smallest absolute Gasteiger partial charge is 0.229 e. The van der Waals surface area contributed by atoms with Gasteiger partial charge in [0.25, 0.3) is 0 Å². The Morgan fingerprint density at radius 2 is 1.93 bits per heavy atom. The summed E-state index contributed by atoms with van der Waals surface area (Å²) in [5.74, 6) is 1.00. The van der Waals surface area contributed by atoms with Gasteiger partial charge in [-0.15, -0.1) is 0 Å². The predicted molar refractivity (Wildman–Crippen MR) is 105 cm³/mol. The third-order valence-corrected chi connectivity index (χ3v) is 5.40. The molecule has 0 bridgehead atoms. The lowest BCUT2D eigenvalue weighted by Crippen LogP contribution is -2.21. The van der Waals surface area contributed by atoms with Crippen molar-refractivity contribution in [3.63, 3.8) is 0 Å². The van der Waals surface area contributed by atoms with Gasteiger partial charge in [0.05, 0.1) is 28.0 Å². The normalized spacial score (nSPS) is 16.7. The highest BCUT2D eigenvalue weighted by atomic mass is 16.1. The molecule has 0 fully saturated rings. The van der Waals surface area contributed by atoms with Crippen molar-refractivity contribution in [2.24, 2.45) is 0 Å². The summed E-state index contributed by atoms with van der Waals surface area (Å²) in [7, 11) is 0. The summed E-state index contributed by atoms with van der Waals surface area (Å²) in [6.07, 6.45) is 1.31. The Morgan fingerprint density at radius 3 is 2.74 bits per heavy atom. The molecule has 5 rings (SSSR count). The van der Waals surface area contributed by atoms with E-state index in [1.54, 1.807) is 0 Å². The molecular weight excluding hydrogens is 336 g/mol. The quantitative estimate of drug-likeness (QED) is 0.583. The highest BCUT2D eigenvalue weighted by Crippen LogP contribution is 2.35. The Bertz CT molecular complexity index is 1150. The van der Waals surface area contributed by atoms with Gasteiger partial charge in [-0.3, -0.25) is 4.79 Å². The summed E-state index contributed by atoms with van der Waals surface area (Å²) >= 11 is 0. The lowest BCUT2D eigenvalue weighted by atomic mass is 9.81. The molecule has 0 saturated heterocycles. The van der Waals surface area contributed by atoms with Crippen molar-refractivity contribution in [3.8, 4) is 5.95 Å². The molecule has 1 aliphatic rings. The summed E-state index contributed by atoms with van der Waals surface area (Å²) in [6, 6.07) is 16.4. The van der Waals surface area contributed by atoms with Gasteiger partial charge < -0.3 is 4.98 Å². The van der Waals surface area contributed by atoms with Gasteiger partial charge >= 0.3 is 0 Å². The average molecular weight is 356 g/mol. The second-order valence-corrected chi connectivity index (χ2v) is 7.34. The summed E-state index contributed by atoms with van der Waals surface area (Å²) in [5.41, 5.74) is 6.78. The van der Waals surface area contributed by atoms with Crippen molar-refractivity contribution in [2.75, 3.05) is 0 Å². The van der Waals surface area contributed by atoms with Crippen LogP contribution in [-0.2, 0) is 6.42 Å². The molecule has 2 aromatic carbocycles. The molecule has 5 heteroatoms. The number of carbonyl (C=O) groups is 1. The number of imidazole rings is 1. The third-order valence-electron chi connectivity index (χ3n) is 5.40. The number of aromatic nitrogens is 4. The molecule has 5 nitrogen and oxygen atoms in total. The fraction of sp³-hybridized carbons (Fsp3) is 0.227. The number of para-hydroxylation sites is 2. The van der Waals surface area contributed by atoms with Gasteiger partial charge in [0.1, 0.15) is 0 Å². The minimum absolute atomic E-state index is 0.169.